The number of methoxy groups -OCH3 is 1. The minimum Gasteiger partial charge on any atom is -0.497 e. The highest BCUT2D eigenvalue weighted by molar-refractivity contribution is 7.15. The summed E-state index contributed by atoms with van der Waals surface area (Å²) in [6.07, 6.45) is 1.83. The Morgan fingerprint density at radius 1 is 1.50 bits per heavy atom. The molecule has 2 aromatic rings. The first kappa shape index (κ1) is 12.7. The lowest BCUT2D eigenvalue weighted by Gasteiger charge is -2.18. The molecule has 0 aliphatic heterocycles. The molecule has 5 nitrogen and oxygen atoms in total. The van der Waals surface area contributed by atoms with Crippen molar-refractivity contribution in [2.24, 2.45) is 5.84 Å². The van der Waals surface area contributed by atoms with Gasteiger partial charge in [0.15, 0.2) is 5.13 Å². The van der Waals surface area contributed by atoms with E-state index in [0.717, 1.165) is 28.0 Å². The van der Waals surface area contributed by atoms with Gasteiger partial charge >= 0.3 is 0 Å². The number of hydrogen-bond donors (Lipinski definition) is 2. The van der Waals surface area contributed by atoms with Crippen molar-refractivity contribution in [2.75, 3.05) is 24.5 Å². The lowest BCUT2D eigenvalue weighted by molar-refractivity contribution is 0.415. The van der Waals surface area contributed by atoms with E-state index in [2.05, 4.69) is 15.3 Å². The molecule has 96 valence electrons. The second kappa shape index (κ2) is 5.70. The lowest BCUT2D eigenvalue weighted by atomic mass is 10.3. The Morgan fingerprint density at radius 2 is 2.33 bits per heavy atom. The van der Waals surface area contributed by atoms with Crippen LogP contribution in [0.2, 0.25) is 0 Å². The number of nitrogens with zero attached hydrogens (tertiary/aromatic N) is 2. The van der Waals surface area contributed by atoms with Gasteiger partial charge in [0.2, 0.25) is 0 Å². The van der Waals surface area contributed by atoms with Crippen LogP contribution in [0, 0.1) is 0 Å². The van der Waals surface area contributed by atoms with Crippen molar-refractivity contribution in [1.29, 1.82) is 0 Å². The summed E-state index contributed by atoms with van der Waals surface area (Å²) < 4.78 is 5.21. The molecule has 0 radical (unpaired) electrons. The van der Waals surface area contributed by atoms with Crippen LogP contribution >= 0.6 is 11.3 Å². The molecule has 1 heterocycles. The highest BCUT2D eigenvalue weighted by Crippen LogP contribution is 2.24. The van der Waals surface area contributed by atoms with Crippen LogP contribution in [0.15, 0.2) is 30.5 Å². The smallest absolute Gasteiger partial charge is 0.197 e. The van der Waals surface area contributed by atoms with Crippen LogP contribution in [0.1, 0.15) is 4.88 Å². The molecule has 0 saturated carbocycles. The molecule has 1 aromatic heterocycles. The monoisotopic (exact) mass is 264 g/mol. The SMILES string of the molecule is COc1cccc(N(C)Cc2cnc(NN)s2)c1. The van der Waals surface area contributed by atoms with Gasteiger partial charge in [0, 0.05) is 29.9 Å². The first-order chi connectivity index (χ1) is 8.72. The van der Waals surface area contributed by atoms with Gasteiger partial charge in [-0.1, -0.05) is 17.4 Å². The molecule has 0 atom stereocenters. The average Bonchev–Trinajstić information content (AvgIpc) is 2.86. The first-order valence-corrected chi connectivity index (χ1v) is 6.31. The second-order valence-electron chi connectivity index (χ2n) is 3.83. The summed E-state index contributed by atoms with van der Waals surface area (Å²) in [6.45, 7) is 0.784. The Labute approximate surface area is 110 Å². The van der Waals surface area contributed by atoms with Gasteiger partial charge in [-0.2, -0.15) is 0 Å². The summed E-state index contributed by atoms with van der Waals surface area (Å²) in [5.74, 6) is 6.17. The molecule has 0 unspecified atom stereocenters. The van der Waals surface area contributed by atoms with Gasteiger partial charge in [0.05, 0.1) is 13.7 Å². The summed E-state index contributed by atoms with van der Waals surface area (Å²) >= 11 is 1.55. The van der Waals surface area contributed by atoms with Gasteiger partial charge in [0.25, 0.3) is 0 Å². The molecule has 0 spiro atoms. The molecular formula is C12H16N4OS. The summed E-state index contributed by atoms with van der Waals surface area (Å²) in [7, 11) is 3.70. The number of aromatic nitrogens is 1. The molecule has 3 N–H and O–H groups in total. The third kappa shape index (κ3) is 2.91. The number of ether oxygens (including phenoxy) is 1. The van der Waals surface area contributed by atoms with E-state index in [0.29, 0.717) is 0 Å². The first-order valence-electron chi connectivity index (χ1n) is 5.49. The standard InChI is InChI=1S/C12H16N4OS/c1-16(8-11-7-14-12(15-13)18-11)9-4-3-5-10(6-9)17-2/h3-7H,8,13H2,1-2H3,(H,14,15). The number of benzene rings is 1. The molecule has 18 heavy (non-hydrogen) atoms. The minimum atomic E-state index is 0.726. The quantitative estimate of drug-likeness (QED) is 0.639. The molecule has 1 aromatic carbocycles. The van der Waals surface area contributed by atoms with Crippen LogP contribution in [-0.4, -0.2) is 19.1 Å². The number of nitrogens with two attached hydrogens (primary N) is 1. The Hall–Kier alpha value is -1.79. The van der Waals surface area contributed by atoms with E-state index in [1.54, 1.807) is 18.4 Å². The zero-order chi connectivity index (χ0) is 13.0. The lowest BCUT2D eigenvalue weighted by Crippen LogP contribution is -2.15. The van der Waals surface area contributed by atoms with Crippen molar-refractivity contribution < 1.29 is 4.74 Å². The van der Waals surface area contributed by atoms with Gasteiger partial charge in [-0.05, 0) is 12.1 Å². The van der Waals surface area contributed by atoms with Gasteiger partial charge in [0.1, 0.15) is 5.75 Å². The Kier molecular flexibility index (Phi) is 4.01. The number of hydrogen-bond acceptors (Lipinski definition) is 6. The van der Waals surface area contributed by atoms with E-state index in [1.807, 2.05) is 37.5 Å². The number of anilines is 2. The molecule has 0 amide bonds. The topological polar surface area (TPSA) is 63.4 Å². The van der Waals surface area contributed by atoms with E-state index in [1.165, 1.54) is 0 Å². The molecule has 0 saturated heterocycles. The number of hydrazine groups is 1. The van der Waals surface area contributed by atoms with E-state index in [9.17, 15) is 0 Å². The van der Waals surface area contributed by atoms with Crippen molar-refractivity contribution in [3.05, 3.63) is 35.3 Å². The van der Waals surface area contributed by atoms with Crippen LogP contribution in [0.25, 0.3) is 0 Å². The van der Waals surface area contributed by atoms with Crippen molar-refractivity contribution >= 4 is 22.2 Å². The molecule has 2 rings (SSSR count). The van der Waals surface area contributed by atoms with Crippen molar-refractivity contribution in [1.82, 2.24) is 4.98 Å². The number of nitrogen functional groups attached to an aromatic ring is 1. The summed E-state index contributed by atoms with van der Waals surface area (Å²) in [5, 5.41) is 0.726. The summed E-state index contributed by atoms with van der Waals surface area (Å²) in [5.41, 5.74) is 3.65. The molecule has 0 bridgehead atoms. The Morgan fingerprint density at radius 3 is 3.00 bits per heavy atom. The highest BCUT2D eigenvalue weighted by atomic mass is 32.1. The van der Waals surface area contributed by atoms with Crippen molar-refractivity contribution in [3.8, 4) is 5.75 Å². The minimum absolute atomic E-state index is 0.726. The van der Waals surface area contributed by atoms with E-state index in [4.69, 9.17) is 10.6 Å². The Bertz CT molecular complexity index is 514. The average molecular weight is 264 g/mol. The molecule has 0 fully saturated rings. The van der Waals surface area contributed by atoms with E-state index >= 15 is 0 Å². The van der Waals surface area contributed by atoms with Crippen LogP contribution in [0.5, 0.6) is 5.75 Å². The predicted molar refractivity (Wildman–Crippen MR) is 75.0 cm³/mol. The van der Waals surface area contributed by atoms with Gasteiger partial charge in [-0.3, -0.25) is 5.43 Å². The summed E-state index contributed by atoms with van der Waals surface area (Å²) in [6, 6.07) is 7.96. The number of nitrogens with one attached hydrogen (secondary N) is 1. The van der Waals surface area contributed by atoms with E-state index in [-0.39, 0.29) is 0 Å². The van der Waals surface area contributed by atoms with Gasteiger partial charge in [-0.15, -0.1) is 0 Å². The van der Waals surface area contributed by atoms with Crippen molar-refractivity contribution in [3.63, 3.8) is 0 Å². The van der Waals surface area contributed by atoms with Crippen LogP contribution in [-0.2, 0) is 6.54 Å². The fourth-order valence-electron chi connectivity index (χ4n) is 1.62. The third-order valence-corrected chi connectivity index (χ3v) is 3.48. The molecular weight excluding hydrogens is 248 g/mol. The van der Waals surface area contributed by atoms with Crippen LogP contribution < -0.4 is 20.9 Å². The highest BCUT2D eigenvalue weighted by Gasteiger charge is 2.06. The normalized spacial score (nSPS) is 10.2. The van der Waals surface area contributed by atoms with Crippen LogP contribution in [0.4, 0.5) is 10.8 Å². The molecule has 0 aliphatic rings. The zero-order valence-electron chi connectivity index (χ0n) is 10.4. The predicted octanol–water partition coefficient (Wildman–Crippen LogP) is 2.07. The largest absolute Gasteiger partial charge is 0.497 e. The maximum absolute atomic E-state index is 5.31. The number of rotatable bonds is 5. The van der Waals surface area contributed by atoms with E-state index < -0.39 is 0 Å². The maximum Gasteiger partial charge on any atom is 0.197 e. The fourth-order valence-corrected chi connectivity index (χ4v) is 2.40. The van der Waals surface area contributed by atoms with Crippen LogP contribution in [0.3, 0.4) is 0 Å². The zero-order valence-corrected chi connectivity index (χ0v) is 11.2. The molecule has 6 heteroatoms. The second-order valence-corrected chi connectivity index (χ2v) is 4.95. The van der Waals surface area contributed by atoms with Crippen molar-refractivity contribution in [2.45, 2.75) is 6.54 Å². The van der Waals surface area contributed by atoms with Gasteiger partial charge in [-0.25, -0.2) is 10.8 Å². The molecule has 0 aliphatic carbocycles. The number of thiazole rings is 1. The summed E-state index contributed by atoms with van der Waals surface area (Å²) in [4.78, 5) is 7.43. The maximum atomic E-state index is 5.31. The third-order valence-electron chi connectivity index (χ3n) is 2.56. The van der Waals surface area contributed by atoms with Gasteiger partial charge < -0.3 is 9.64 Å². The Balaban J connectivity index is 2.08. The fraction of sp³-hybridized carbons (Fsp3) is 0.250.